The van der Waals surface area contributed by atoms with E-state index in [-0.39, 0.29) is 26.6 Å². The standard InChI is InChI=1S/C18H16F3N3O4S2.2H2/c1-10-16(29-17(23-10)24-11(2)25)14-6-7-15(28-14)30(26,27)22-9-12-4-3-5-13(8-12)18(19,20)21;;/h3-8,22H,9H2,1-2H3,(H,23,24,25);2*1H. The maximum atomic E-state index is 12.8. The highest BCUT2D eigenvalue weighted by atomic mass is 32.2. The van der Waals surface area contributed by atoms with Gasteiger partial charge in [0.05, 0.1) is 16.1 Å². The lowest BCUT2D eigenvalue weighted by Crippen LogP contribution is -2.23. The second-order valence-corrected chi connectivity index (χ2v) is 8.95. The number of sulfonamides is 1. The first-order valence-corrected chi connectivity index (χ1v) is 10.8. The maximum absolute atomic E-state index is 12.8. The average molecular weight is 464 g/mol. The normalized spacial score (nSPS) is 12.2. The van der Waals surface area contributed by atoms with Crippen molar-refractivity contribution in [1.29, 1.82) is 0 Å². The van der Waals surface area contributed by atoms with E-state index in [4.69, 9.17) is 4.42 Å². The summed E-state index contributed by atoms with van der Waals surface area (Å²) in [5.41, 5.74) is -0.174. The molecule has 12 heteroatoms. The molecule has 1 amide bonds. The van der Waals surface area contributed by atoms with E-state index in [1.54, 1.807) is 6.92 Å². The summed E-state index contributed by atoms with van der Waals surface area (Å²) in [7, 11) is -4.10. The Hall–Kier alpha value is -2.70. The van der Waals surface area contributed by atoms with Gasteiger partial charge in [-0.15, -0.1) is 0 Å². The Balaban J connectivity index is 0.00000256. The van der Waals surface area contributed by atoms with E-state index in [0.717, 1.165) is 23.5 Å². The molecule has 2 aromatic heterocycles. The molecule has 0 aliphatic heterocycles. The predicted octanol–water partition coefficient (Wildman–Crippen LogP) is 4.66. The molecule has 3 aromatic rings. The van der Waals surface area contributed by atoms with Crippen LogP contribution >= 0.6 is 11.3 Å². The number of aryl methyl sites for hydroxylation is 1. The van der Waals surface area contributed by atoms with E-state index in [2.05, 4.69) is 15.0 Å². The van der Waals surface area contributed by atoms with Gasteiger partial charge in [-0.3, -0.25) is 4.79 Å². The Kier molecular flexibility index (Phi) is 6.01. The summed E-state index contributed by atoms with van der Waals surface area (Å²) >= 11 is 1.12. The molecule has 0 aliphatic carbocycles. The largest absolute Gasteiger partial charge is 0.442 e. The molecular weight excluding hydrogens is 443 g/mol. The number of carbonyl (C=O) groups excluding carboxylic acids is 1. The molecule has 2 heterocycles. The molecule has 0 radical (unpaired) electrons. The van der Waals surface area contributed by atoms with Crippen molar-refractivity contribution in [3.05, 3.63) is 53.2 Å². The van der Waals surface area contributed by atoms with Gasteiger partial charge in [0.2, 0.25) is 11.0 Å². The molecule has 0 bridgehead atoms. The Bertz CT molecular complexity index is 1190. The molecule has 0 fully saturated rings. The molecule has 3 rings (SSSR count). The lowest BCUT2D eigenvalue weighted by molar-refractivity contribution is -0.137. The summed E-state index contributed by atoms with van der Waals surface area (Å²) in [6, 6.07) is 7.05. The van der Waals surface area contributed by atoms with Crippen molar-refractivity contribution in [2.24, 2.45) is 0 Å². The third-order valence-corrected chi connectivity index (χ3v) is 6.23. The van der Waals surface area contributed by atoms with Crippen LogP contribution in [0.4, 0.5) is 18.3 Å². The van der Waals surface area contributed by atoms with Gasteiger partial charge < -0.3 is 9.73 Å². The number of rotatable bonds is 6. The number of hydrogen-bond donors (Lipinski definition) is 2. The van der Waals surface area contributed by atoms with Crippen LogP contribution < -0.4 is 10.0 Å². The number of amides is 1. The summed E-state index contributed by atoms with van der Waals surface area (Å²) in [6.45, 7) is 2.68. The zero-order chi connectivity index (χ0) is 22.1. The van der Waals surface area contributed by atoms with Crippen molar-refractivity contribution in [2.45, 2.75) is 31.7 Å². The van der Waals surface area contributed by atoms with Gasteiger partial charge in [0.25, 0.3) is 10.0 Å². The van der Waals surface area contributed by atoms with Crippen LogP contribution in [0.2, 0.25) is 0 Å². The molecule has 0 unspecified atom stereocenters. The third kappa shape index (κ3) is 5.07. The number of furan rings is 1. The van der Waals surface area contributed by atoms with Gasteiger partial charge in [-0.1, -0.05) is 29.5 Å². The van der Waals surface area contributed by atoms with Crippen LogP contribution in [0.5, 0.6) is 0 Å². The van der Waals surface area contributed by atoms with Crippen LogP contribution in [0.3, 0.4) is 0 Å². The summed E-state index contributed by atoms with van der Waals surface area (Å²) in [6.07, 6.45) is -4.52. The molecule has 164 valence electrons. The molecule has 2 N–H and O–H groups in total. The van der Waals surface area contributed by atoms with Gasteiger partial charge in [-0.2, -0.15) is 13.2 Å². The third-order valence-electron chi connectivity index (χ3n) is 3.87. The van der Waals surface area contributed by atoms with Crippen LogP contribution in [-0.4, -0.2) is 19.3 Å². The summed E-state index contributed by atoms with van der Waals surface area (Å²) in [5, 5.41) is 2.50. The van der Waals surface area contributed by atoms with Gasteiger partial charge in [-0.05, 0) is 30.7 Å². The lowest BCUT2D eigenvalue weighted by Gasteiger charge is -2.09. The zero-order valence-electron chi connectivity index (χ0n) is 15.7. The molecule has 30 heavy (non-hydrogen) atoms. The van der Waals surface area contributed by atoms with Gasteiger partial charge in [0, 0.05) is 16.3 Å². The minimum atomic E-state index is -4.52. The highest BCUT2D eigenvalue weighted by Crippen LogP contribution is 2.35. The van der Waals surface area contributed by atoms with Crippen LogP contribution in [0, 0.1) is 6.92 Å². The van der Waals surface area contributed by atoms with Crippen LogP contribution in [0.25, 0.3) is 10.6 Å². The number of carbonyl (C=O) groups is 1. The van der Waals surface area contributed by atoms with Crippen molar-refractivity contribution in [3.8, 4) is 10.6 Å². The van der Waals surface area contributed by atoms with E-state index in [0.29, 0.717) is 15.7 Å². The molecule has 0 saturated heterocycles. The molecule has 0 atom stereocenters. The predicted molar refractivity (Wildman–Crippen MR) is 109 cm³/mol. The van der Waals surface area contributed by atoms with Gasteiger partial charge >= 0.3 is 6.18 Å². The Labute approximate surface area is 177 Å². The fraction of sp³-hybridized carbons (Fsp3) is 0.222. The van der Waals surface area contributed by atoms with E-state index in [9.17, 15) is 26.4 Å². The number of nitrogens with zero attached hydrogens (tertiary/aromatic N) is 1. The second kappa shape index (κ2) is 8.20. The summed E-state index contributed by atoms with van der Waals surface area (Å²) in [4.78, 5) is 15.9. The Morgan fingerprint density at radius 2 is 2.00 bits per heavy atom. The van der Waals surface area contributed by atoms with Crippen molar-refractivity contribution in [3.63, 3.8) is 0 Å². The smallest absolute Gasteiger partial charge is 0.416 e. The van der Waals surface area contributed by atoms with E-state index in [1.807, 2.05) is 0 Å². The first-order valence-electron chi connectivity index (χ1n) is 8.47. The van der Waals surface area contributed by atoms with E-state index in [1.165, 1.54) is 31.2 Å². The lowest BCUT2D eigenvalue weighted by atomic mass is 10.1. The zero-order valence-corrected chi connectivity index (χ0v) is 17.3. The first-order chi connectivity index (χ1) is 14.0. The fourth-order valence-corrected chi connectivity index (χ4v) is 4.44. The molecule has 0 saturated carbocycles. The monoisotopic (exact) mass is 463 g/mol. The quantitative estimate of drug-likeness (QED) is 0.554. The number of hydrogen-bond acceptors (Lipinski definition) is 6. The summed E-state index contributed by atoms with van der Waals surface area (Å²) in [5.74, 6) is -0.0575. The van der Waals surface area contributed by atoms with E-state index >= 15 is 0 Å². The number of benzene rings is 1. The SMILES string of the molecule is CC(=O)Nc1nc(C)c(-c2ccc(S(=O)(=O)NCc3cccc(C(F)(F)F)c3)o2)s1.[HH].[HH]. The van der Waals surface area contributed by atoms with Crippen molar-refractivity contribution in [2.75, 3.05) is 5.32 Å². The highest BCUT2D eigenvalue weighted by molar-refractivity contribution is 7.89. The minimum absolute atomic E-state index is 0. The number of alkyl halides is 3. The Morgan fingerprint density at radius 1 is 1.27 bits per heavy atom. The number of nitrogens with one attached hydrogen (secondary N) is 2. The molecule has 0 spiro atoms. The van der Waals surface area contributed by atoms with Crippen molar-refractivity contribution < 1.29 is 33.7 Å². The molecule has 1 aromatic carbocycles. The number of aromatic nitrogens is 1. The van der Waals surface area contributed by atoms with Crippen molar-refractivity contribution in [1.82, 2.24) is 9.71 Å². The summed E-state index contributed by atoms with van der Waals surface area (Å²) < 4.78 is 71.0. The van der Waals surface area contributed by atoms with Gasteiger partial charge in [0.1, 0.15) is 5.76 Å². The highest BCUT2D eigenvalue weighted by Gasteiger charge is 2.30. The second-order valence-electron chi connectivity index (χ2n) is 6.26. The number of anilines is 1. The first kappa shape index (κ1) is 22.0. The van der Waals surface area contributed by atoms with Gasteiger partial charge in [0.15, 0.2) is 5.13 Å². The van der Waals surface area contributed by atoms with Crippen LogP contribution in [0.1, 0.15) is 26.6 Å². The molecule has 7 nitrogen and oxygen atoms in total. The molecule has 0 aliphatic rings. The number of halogens is 3. The number of thiazole rings is 1. The fourth-order valence-electron chi connectivity index (χ4n) is 2.52. The molecular formula is C18H20F3N3O4S2. The average Bonchev–Trinajstić information content (AvgIpc) is 3.26. The maximum Gasteiger partial charge on any atom is 0.416 e. The van der Waals surface area contributed by atoms with Crippen LogP contribution in [0.15, 0.2) is 45.9 Å². The Morgan fingerprint density at radius 3 is 2.67 bits per heavy atom. The van der Waals surface area contributed by atoms with Crippen LogP contribution in [-0.2, 0) is 27.5 Å². The van der Waals surface area contributed by atoms with E-state index < -0.39 is 26.9 Å². The topological polar surface area (TPSA) is 101 Å². The van der Waals surface area contributed by atoms with Crippen molar-refractivity contribution >= 4 is 32.4 Å². The minimum Gasteiger partial charge on any atom is -0.442 e. The van der Waals surface area contributed by atoms with Gasteiger partial charge in [-0.25, -0.2) is 18.1 Å².